The van der Waals surface area contributed by atoms with Crippen molar-refractivity contribution < 1.29 is 9.13 Å². The van der Waals surface area contributed by atoms with Gasteiger partial charge in [-0.05, 0) is 69.1 Å². The Kier molecular flexibility index (Phi) is 6.98. The second kappa shape index (κ2) is 10.2. The van der Waals surface area contributed by atoms with Crippen molar-refractivity contribution in [2.45, 2.75) is 32.2 Å². The minimum Gasteiger partial charge on any atom is -0.382 e. The highest BCUT2D eigenvalue weighted by molar-refractivity contribution is 6.36. The van der Waals surface area contributed by atoms with Crippen LogP contribution in [0.25, 0.3) is 33.3 Å². The van der Waals surface area contributed by atoms with E-state index in [0.29, 0.717) is 50.8 Å². The number of benzene rings is 2. The summed E-state index contributed by atoms with van der Waals surface area (Å²) in [6.07, 6.45) is 1.93. The number of hydrogen-bond acceptors (Lipinski definition) is 6. The van der Waals surface area contributed by atoms with E-state index in [4.69, 9.17) is 22.1 Å². The van der Waals surface area contributed by atoms with Gasteiger partial charge in [0, 0.05) is 47.4 Å². The molecular formula is C28H29ClFN5O2. The summed E-state index contributed by atoms with van der Waals surface area (Å²) in [6, 6.07) is 11.1. The maximum Gasteiger partial charge on any atom is 0.256 e. The van der Waals surface area contributed by atoms with E-state index in [9.17, 15) is 4.79 Å². The van der Waals surface area contributed by atoms with Crippen LogP contribution in [0.1, 0.15) is 35.6 Å². The zero-order valence-corrected chi connectivity index (χ0v) is 21.8. The molecule has 0 bridgehead atoms. The van der Waals surface area contributed by atoms with Gasteiger partial charge in [-0.15, -0.1) is 0 Å². The molecular weight excluding hydrogens is 493 g/mol. The Morgan fingerprint density at radius 1 is 1.08 bits per heavy atom. The summed E-state index contributed by atoms with van der Waals surface area (Å²) in [6.45, 7) is 3.94. The second-order valence-electron chi connectivity index (χ2n) is 9.79. The fourth-order valence-corrected chi connectivity index (χ4v) is 5.23. The van der Waals surface area contributed by atoms with E-state index in [1.165, 1.54) is 5.56 Å². The molecule has 0 spiro atoms. The molecule has 0 aliphatic carbocycles. The van der Waals surface area contributed by atoms with Crippen molar-refractivity contribution in [3.63, 3.8) is 0 Å². The predicted octanol–water partition coefficient (Wildman–Crippen LogP) is 5.29. The molecule has 2 aromatic heterocycles. The number of H-pyrrole nitrogens is 1. The average Bonchev–Trinajstić information content (AvgIpc) is 2.87. The molecule has 2 aromatic carbocycles. The molecule has 9 heteroatoms. The van der Waals surface area contributed by atoms with Gasteiger partial charge >= 0.3 is 0 Å². The number of anilines is 1. The number of ether oxygens (including phenoxy) is 1. The molecule has 1 saturated heterocycles. The number of aromatic amines is 1. The van der Waals surface area contributed by atoms with E-state index in [1.807, 2.05) is 26.2 Å². The lowest BCUT2D eigenvalue weighted by molar-refractivity contribution is 0.0850. The first-order valence-electron chi connectivity index (χ1n) is 12.2. The maximum atomic E-state index is 15.2. The third-order valence-electron chi connectivity index (χ3n) is 6.85. The first kappa shape index (κ1) is 25.3. The van der Waals surface area contributed by atoms with Gasteiger partial charge in [-0.3, -0.25) is 4.79 Å². The summed E-state index contributed by atoms with van der Waals surface area (Å²) in [5.74, 6) is -0.364. The number of rotatable bonds is 5. The Morgan fingerprint density at radius 2 is 1.78 bits per heavy atom. The molecule has 3 heterocycles. The number of nitrogens with zero attached hydrogens (tertiary/aromatic N) is 3. The van der Waals surface area contributed by atoms with Gasteiger partial charge in [0.15, 0.2) is 5.82 Å². The van der Waals surface area contributed by atoms with Crippen LogP contribution < -0.4 is 11.3 Å². The van der Waals surface area contributed by atoms with Crippen molar-refractivity contribution in [3.05, 3.63) is 74.5 Å². The smallest absolute Gasteiger partial charge is 0.256 e. The molecule has 0 amide bonds. The largest absolute Gasteiger partial charge is 0.382 e. The minimum absolute atomic E-state index is 0.0365. The number of fused-ring (bicyclic) bond motifs is 1. The molecule has 1 aliphatic heterocycles. The van der Waals surface area contributed by atoms with Crippen LogP contribution in [0.5, 0.6) is 0 Å². The molecule has 3 N–H and O–H groups in total. The topological polar surface area (TPSA) is 97.1 Å². The van der Waals surface area contributed by atoms with E-state index in [1.54, 1.807) is 25.1 Å². The number of nitrogens with two attached hydrogens (primary N) is 1. The zero-order chi connectivity index (χ0) is 26.3. The fourth-order valence-electron chi connectivity index (χ4n) is 5.03. The Labute approximate surface area is 219 Å². The standard InChI is InChI=1S/C28H29ClFN5O2/c1-15-23(29)22-13-18(5-7-21(22)28(36)32-15)25-27(31)34-26(30)24(33-25)17-4-6-20(16-8-10-37-11-9-16)19(12-17)14-35(2)3/h4-7,12-13,16H,8-11,14H2,1-3H3,(H2,31,34)(H,32,36). The Bertz CT molecular complexity index is 1550. The average molecular weight is 522 g/mol. The van der Waals surface area contributed by atoms with Gasteiger partial charge in [-0.25, -0.2) is 4.98 Å². The van der Waals surface area contributed by atoms with Crippen molar-refractivity contribution >= 4 is 28.2 Å². The van der Waals surface area contributed by atoms with Crippen LogP contribution in [0.2, 0.25) is 5.02 Å². The van der Waals surface area contributed by atoms with Crippen molar-refractivity contribution in [1.82, 2.24) is 19.9 Å². The SMILES string of the molecule is Cc1[nH]c(=O)c2ccc(-c3nc(-c4ccc(C5CCOCC5)c(CN(C)C)c4)c(F)nc3N)cc2c1Cl. The van der Waals surface area contributed by atoms with Gasteiger partial charge in [0.25, 0.3) is 5.56 Å². The monoisotopic (exact) mass is 521 g/mol. The van der Waals surface area contributed by atoms with Crippen LogP contribution in [0.15, 0.2) is 41.2 Å². The lowest BCUT2D eigenvalue weighted by Gasteiger charge is -2.26. The van der Waals surface area contributed by atoms with Crippen LogP contribution in [-0.2, 0) is 11.3 Å². The molecule has 0 saturated carbocycles. The number of nitrogens with one attached hydrogen (secondary N) is 1. The van der Waals surface area contributed by atoms with Gasteiger partial charge in [-0.2, -0.15) is 9.37 Å². The van der Waals surface area contributed by atoms with E-state index < -0.39 is 5.95 Å². The second-order valence-corrected chi connectivity index (χ2v) is 10.2. The summed E-state index contributed by atoms with van der Waals surface area (Å²) in [5.41, 5.74) is 10.5. The molecule has 4 aromatic rings. The van der Waals surface area contributed by atoms with Crippen LogP contribution in [0, 0.1) is 12.9 Å². The third-order valence-corrected chi connectivity index (χ3v) is 7.34. The first-order chi connectivity index (χ1) is 17.7. The van der Waals surface area contributed by atoms with Crippen LogP contribution >= 0.6 is 11.6 Å². The minimum atomic E-state index is -0.734. The van der Waals surface area contributed by atoms with Gasteiger partial charge in [0.1, 0.15) is 11.4 Å². The van der Waals surface area contributed by atoms with Gasteiger partial charge in [0.2, 0.25) is 5.95 Å². The lowest BCUT2D eigenvalue weighted by atomic mass is 9.87. The van der Waals surface area contributed by atoms with E-state index in [0.717, 1.165) is 31.6 Å². The summed E-state index contributed by atoms with van der Waals surface area (Å²) in [4.78, 5) is 25.8. The number of nitrogen functional groups attached to an aromatic ring is 1. The molecule has 0 atom stereocenters. The maximum absolute atomic E-state index is 15.2. The number of aromatic nitrogens is 3. The first-order valence-corrected chi connectivity index (χ1v) is 12.6. The Balaban J connectivity index is 1.62. The molecule has 0 unspecified atom stereocenters. The van der Waals surface area contributed by atoms with Crippen LogP contribution in [-0.4, -0.2) is 47.2 Å². The molecule has 37 heavy (non-hydrogen) atoms. The molecule has 1 aliphatic rings. The van der Waals surface area contributed by atoms with Gasteiger partial charge in [-0.1, -0.05) is 29.8 Å². The summed E-state index contributed by atoms with van der Waals surface area (Å²) < 4.78 is 20.7. The quantitative estimate of drug-likeness (QED) is 0.370. The third kappa shape index (κ3) is 4.97. The summed E-state index contributed by atoms with van der Waals surface area (Å²) >= 11 is 6.48. The van der Waals surface area contributed by atoms with Crippen molar-refractivity contribution in [2.75, 3.05) is 33.0 Å². The van der Waals surface area contributed by atoms with E-state index in [2.05, 4.69) is 25.9 Å². The van der Waals surface area contributed by atoms with Gasteiger partial charge < -0.3 is 20.4 Å². The number of pyridine rings is 1. The Hall–Kier alpha value is -3.33. The van der Waals surface area contributed by atoms with Crippen molar-refractivity contribution in [2.24, 2.45) is 0 Å². The normalized spacial score (nSPS) is 14.5. The van der Waals surface area contributed by atoms with Crippen molar-refractivity contribution in [1.29, 1.82) is 0 Å². The Morgan fingerprint density at radius 3 is 2.51 bits per heavy atom. The highest BCUT2D eigenvalue weighted by atomic mass is 35.5. The fraction of sp³-hybridized carbons (Fsp3) is 0.321. The van der Waals surface area contributed by atoms with Crippen LogP contribution in [0.3, 0.4) is 0 Å². The molecule has 0 radical (unpaired) electrons. The highest BCUT2D eigenvalue weighted by Crippen LogP contribution is 2.35. The predicted molar refractivity (Wildman–Crippen MR) is 145 cm³/mol. The van der Waals surface area contributed by atoms with E-state index in [-0.39, 0.29) is 17.1 Å². The summed E-state index contributed by atoms with van der Waals surface area (Å²) in [7, 11) is 4.03. The van der Waals surface area contributed by atoms with E-state index >= 15 is 4.39 Å². The number of hydrogen-bond donors (Lipinski definition) is 2. The molecule has 192 valence electrons. The van der Waals surface area contributed by atoms with Gasteiger partial charge in [0.05, 0.1) is 5.02 Å². The number of halogens is 2. The van der Waals surface area contributed by atoms with Crippen molar-refractivity contribution in [3.8, 4) is 22.5 Å². The summed E-state index contributed by atoms with van der Waals surface area (Å²) in [5, 5.41) is 1.45. The zero-order valence-electron chi connectivity index (χ0n) is 21.1. The highest BCUT2D eigenvalue weighted by Gasteiger charge is 2.22. The molecule has 1 fully saturated rings. The lowest BCUT2D eigenvalue weighted by Crippen LogP contribution is -2.18. The van der Waals surface area contributed by atoms with Crippen LogP contribution in [0.4, 0.5) is 10.2 Å². The number of aryl methyl sites for hydroxylation is 1. The molecule has 5 rings (SSSR count). The molecule has 7 nitrogen and oxygen atoms in total.